The molecule has 2 aliphatic rings. The maximum absolute atomic E-state index is 6.40. The molecule has 3 rings (SSSR count). The SMILES string of the molecule is CN1CCCC1CCNC1=CC=NC(N)(c2cccc(Cl)c2)N1. The topological polar surface area (TPSA) is 65.7 Å². The first-order chi connectivity index (χ1) is 11.1. The smallest absolute Gasteiger partial charge is 0.210 e. The quantitative estimate of drug-likeness (QED) is 0.771. The Bertz CT molecular complexity index is 615. The maximum atomic E-state index is 6.40. The summed E-state index contributed by atoms with van der Waals surface area (Å²) in [5.74, 6) is -0.0882. The second-order valence-electron chi connectivity index (χ2n) is 6.25. The number of hydrogen-bond acceptors (Lipinski definition) is 5. The summed E-state index contributed by atoms with van der Waals surface area (Å²) in [7, 11) is 2.20. The third-order valence-electron chi connectivity index (χ3n) is 4.57. The van der Waals surface area contributed by atoms with Gasteiger partial charge in [-0.1, -0.05) is 23.7 Å². The van der Waals surface area contributed by atoms with Gasteiger partial charge >= 0.3 is 0 Å². The maximum Gasteiger partial charge on any atom is 0.210 e. The number of hydrogen-bond donors (Lipinski definition) is 3. The van der Waals surface area contributed by atoms with Gasteiger partial charge in [0.15, 0.2) is 0 Å². The van der Waals surface area contributed by atoms with Crippen LogP contribution in [0.5, 0.6) is 0 Å². The third-order valence-corrected chi connectivity index (χ3v) is 4.81. The number of nitrogens with zero attached hydrogens (tertiary/aromatic N) is 2. The van der Waals surface area contributed by atoms with Crippen LogP contribution in [0.1, 0.15) is 24.8 Å². The molecule has 124 valence electrons. The van der Waals surface area contributed by atoms with Gasteiger partial charge in [0.25, 0.3) is 0 Å². The largest absolute Gasteiger partial charge is 0.372 e. The fourth-order valence-electron chi connectivity index (χ4n) is 3.20. The molecule has 0 saturated carbocycles. The van der Waals surface area contributed by atoms with Gasteiger partial charge < -0.3 is 15.5 Å². The molecule has 5 nitrogen and oxygen atoms in total. The molecule has 0 radical (unpaired) electrons. The molecular formula is C17H24ClN5. The molecule has 1 aromatic rings. The average molecular weight is 334 g/mol. The van der Waals surface area contributed by atoms with Crippen molar-refractivity contribution >= 4 is 17.8 Å². The highest BCUT2D eigenvalue weighted by molar-refractivity contribution is 6.30. The van der Waals surface area contributed by atoms with Crippen LogP contribution in [0, 0.1) is 0 Å². The van der Waals surface area contributed by atoms with Crippen LogP contribution >= 0.6 is 11.6 Å². The Hall–Kier alpha value is -1.56. The van der Waals surface area contributed by atoms with Gasteiger partial charge in [-0.05, 0) is 51.1 Å². The fourth-order valence-corrected chi connectivity index (χ4v) is 3.39. The van der Waals surface area contributed by atoms with E-state index in [1.165, 1.54) is 19.4 Å². The highest BCUT2D eigenvalue weighted by Crippen LogP contribution is 2.23. The molecule has 2 aliphatic heterocycles. The predicted octanol–water partition coefficient (Wildman–Crippen LogP) is 2.00. The van der Waals surface area contributed by atoms with Gasteiger partial charge in [-0.15, -0.1) is 0 Å². The summed E-state index contributed by atoms with van der Waals surface area (Å²) in [5.41, 5.74) is 7.24. The number of rotatable bonds is 5. The first kappa shape index (κ1) is 16.3. The van der Waals surface area contributed by atoms with Crippen molar-refractivity contribution < 1.29 is 0 Å². The summed E-state index contributed by atoms with van der Waals surface area (Å²) in [4.78, 5) is 6.81. The van der Waals surface area contributed by atoms with Gasteiger partial charge in [0, 0.05) is 29.4 Å². The van der Waals surface area contributed by atoms with Crippen molar-refractivity contribution in [2.24, 2.45) is 10.7 Å². The van der Waals surface area contributed by atoms with Gasteiger partial charge in [-0.3, -0.25) is 5.73 Å². The lowest BCUT2D eigenvalue weighted by atomic mass is 10.1. The van der Waals surface area contributed by atoms with E-state index < -0.39 is 5.79 Å². The minimum Gasteiger partial charge on any atom is -0.372 e. The molecule has 0 amide bonds. The number of nitrogens with one attached hydrogen (secondary N) is 2. The van der Waals surface area contributed by atoms with E-state index >= 15 is 0 Å². The second-order valence-corrected chi connectivity index (χ2v) is 6.69. The molecule has 1 fully saturated rings. The van der Waals surface area contributed by atoms with Crippen LogP contribution in [0.25, 0.3) is 0 Å². The van der Waals surface area contributed by atoms with Gasteiger partial charge in [-0.25, -0.2) is 4.99 Å². The summed E-state index contributed by atoms with van der Waals surface area (Å²) in [6.07, 6.45) is 7.36. The van der Waals surface area contributed by atoms with Crippen molar-refractivity contribution in [2.45, 2.75) is 31.1 Å². The molecular weight excluding hydrogens is 310 g/mol. The van der Waals surface area contributed by atoms with E-state index in [1.54, 1.807) is 6.21 Å². The number of halogens is 1. The standard InChI is InChI=1S/C17H24ClN5/c1-23-11-3-6-15(23)7-9-20-16-8-10-21-17(19,22-16)13-4-2-5-14(18)12-13/h2,4-5,8,10,12,15,20,22H,3,6-7,9,11,19H2,1H3. The van der Waals surface area contributed by atoms with Crippen molar-refractivity contribution in [2.75, 3.05) is 20.1 Å². The van der Waals surface area contributed by atoms with E-state index in [4.69, 9.17) is 17.3 Å². The van der Waals surface area contributed by atoms with Crippen LogP contribution in [0.4, 0.5) is 0 Å². The van der Waals surface area contributed by atoms with Crippen LogP contribution < -0.4 is 16.4 Å². The van der Waals surface area contributed by atoms with Crippen LogP contribution in [0.2, 0.25) is 5.02 Å². The molecule has 23 heavy (non-hydrogen) atoms. The molecule has 1 aromatic carbocycles. The van der Waals surface area contributed by atoms with Gasteiger partial charge in [0.1, 0.15) is 5.82 Å². The first-order valence-corrected chi connectivity index (χ1v) is 8.47. The Morgan fingerprint density at radius 2 is 2.39 bits per heavy atom. The minimum absolute atomic E-state index is 0.651. The van der Waals surface area contributed by atoms with Crippen LogP contribution in [0.15, 0.2) is 41.2 Å². The fraction of sp³-hybridized carbons (Fsp3) is 0.471. The summed E-state index contributed by atoms with van der Waals surface area (Å²) < 4.78 is 0. The normalized spacial score (nSPS) is 27.6. The zero-order valence-electron chi connectivity index (χ0n) is 13.4. The lowest BCUT2D eigenvalue weighted by Gasteiger charge is -2.32. The van der Waals surface area contributed by atoms with E-state index in [2.05, 4.69) is 27.6 Å². The van der Waals surface area contributed by atoms with Gasteiger partial charge in [0.2, 0.25) is 5.79 Å². The van der Waals surface area contributed by atoms with E-state index in [1.807, 2.05) is 30.3 Å². The van der Waals surface area contributed by atoms with Gasteiger partial charge in [-0.2, -0.15) is 0 Å². The third kappa shape index (κ3) is 3.86. The van der Waals surface area contributed by atoms with E-state index in [0.717, 1.165) is 24.4 Å². The van der Waals surface area contributed by atoms with Crippen LogP contribution in [-0.2, 0) is 5.79 Å². The molecule has 1 saturated heterocycles. The zero-order valence-corrected chi connectivity index (χ0v) is 14.2. The van der Waals surface area contributed by atoms with Gasteiger partial charge in [0.05, 0.1) is 0 Å². The average Bonchev–Trinajstić information content (AvgIpc) is 2.93. The molecule has 0 aromatic heterocycles. The molecule has 6 heteroatoms. The van der Waals surface area contributed by atoms with E-state index in [-0.39, 0.29) is 0 Å². The van der Waals surface area contributed by atoms with Crippen molar-refractivity contribution in [1.82, 2.24) is 15.5 Å². The Morgan fingerprint density at radius 3 is 3.13 bits per heavy atom. The lowest BCUT2D eigenvalue weighted by molar-refractivity contribution is 0.293. The number of allylic oxidation sites excluding steroid dienone is 1. The van der Waals surface area contributed by atoms with E-state index in [0.29, 0.717) is 11.1 Å². The molecule has 2 atom stereocenters. The lowest BCUT2D eigenvalue weighted by Crippen LogP contribution is -2.52. The zero-order chi connectivity index (χ0) is 16.3. The Balaban J connectivity index is 1.58. The van der Waals surface area contributed by atoms with E-state index in [9.17, 15) is 0 Å². The predicted molar refractivity (Wildman–Crippen MR) is 95.3 cm³/mol. The molecule has 0 aliphatic carbocycles. The molecule has 0 spiro atoms. The van der Waals surface area contributed by atoms with Crippen molar-refractivity contribution in [3.05, 3.63) is 46.7 Å². The molecule has 0 bridgehead atoms. The molecule has 2 unspecified atom stereocenters. The minimum atomic E-state index is -0.980. The number of aliphatic imine (C=N–C) groups is 1. The van der Waals surface area contributed by atoms with Crippen LogP contribution in [-0.4, -0.2) is 37.3 Å². The molecule has 4 N–H and O–H groups in total. The Labute approximate surface area is 142 Å². The Kier molecular flexibility index (Phi) is 4.90. The monoisotopic (exact) mass is 333 g/mol. The van der Waals surface area contributed by atoms with Crippen molar-refractivity contribution in [3.63, 3.8) is 0 Å². The summed E-state index contributed by atoms with van der Waals surface area (Å²) in [6.45, 7) is 2.12. The summed E-state index contributed by atoms with van der Waals surface area (Å²) in [6, 6.07) is 8.14. The number of nitrogens with two attached hydrogens (primary N) is 1. The highest BCUT2D eigenvalue weighted by atomic mass is 35.5. The number of likely N-dealkylation sites (tertiary alicyclic amines) is 1. The second kappa shape index (κ2) is 6.91. The Morgan fingerprint density at radius 1 is 1.52 bits per heavy atom. The molecule has 2 heterocycles. The summed E-state index contributed by atoms with van der Waals surface area (Å²) in [5, 5.41) is 7.35. The number of benzene rings is 1. The summed E-state index contributed by atoms with van der Waals surface area (Å²) >= 11 is 6.06. The van der Waals surface area contributed by atoms with Crippen molar-refractivity contribution in [1.29, 1.82) is 0 Å². The highest BCUT2D eigenvalue weighted by Gasteiger charge is 2.28. The van der Waals surface area contributed by atoms with Crippen LogP contribution in [0.3, 0.4) is 0 Å². The first-order valence-electron chi connectivity index (χ1n) is 8.09. The van der Waals surface area contributed by atoms with Crippen molar-refractivity contribution in [3.8, 4) is 0 Å².